The second-order valence-corrected chi connectivity index (χ2v) is 3.69. The number of pyridine rings is 1. The van der Waals surface area contributed by atoms with Gasteiger partial charge in [0.25, 0.3) is 0 Å². The van der Waals surface area contributed by atoms with Crippen LogP contribution in [0.4, 0.5) is 0 Å². The highest BCUT2D eigenvalue weighted by Gasteiger charge is 2.09. The van der Waals surface area contributed by atoms with E-state index in [0.717, 1.165) is 12.1 Å². The zero-order chi connectivity index (χ0) is 11.4. The maximum Gasteiger partial charge on any atom is 0.0705 e. The lowest BCUT2D eigenvalue weighted by atomic mass is 10.0. The highest BCUT2D eigenvalue weighted by Crippen LogP contribution is 2.23. The number of hydrogen-bond acceptors (Lipinski definition) is 2. The van der Waals surface area contributed by atoms with Gasteiger partial charge in [-0.3, -0.25) is 4.98 Å². The van der Waals surface area contributed by atoms with Gasteiger partial charge in [-0.25, -0.2) is 0 Å². The van der Waals surface area contributed by atoms with E-state index < -0.39 is 0 Å². The average Bonchev–Trinajstić information content (AvgIpc) is 2.35. The van der Waals surface area contributed by atoms with E-state index in [1.165, 1.54) is 10.9 Å². The van der Waals surface area contributed by atoms with Gasteiger partial charge in [0, 0.05) is 11.6 Å². The molecule has 0 radical (unpaired) electrons. The van der Waals surface area contributed by atoms with E-state index in [0.29, 0.717) is 0 Å². The lowest BCUT2D eigenvalue weighted by Gasteiger charge is -2.15. The molecule has 1 atom stereocenters. The van der Waals surface area contributed by atoms with Crippen LogP contribution in [0.3, 0.4) is 0 Å². The van der Waals surface area contributed by atoms with Crippen molar-refractivity contribution in [1.29, 1.82) is 0 Å². The van der Waals surface area contributed by atoms with Gasteiger partial charge in [-0.1, -0.05) is 31.2 Å². The van der Waals surface area contributed by atoms with E-state index in [9.17, 15) is 0 Å². The number of rotatable bonds is 4. The lowest BCUT2D eigenvalue weighted by Crippen LogP contribution is -2.18. The molecule has 0 amide bonds. The average molecular weight is 212 g/mol. The number of fused-ring (bicyclic) bond motifs is 1. The van der Waals surface area contributed by atoms with Gasteiger partial charge in [0.2, 0.25) is 0 Å². The molecule has 2 nitrogen and oxygen atoms in total. The minimum Gasteiger partial charge on any atom is -0.307 e. The zero-order valence-electron chi connectivity index (χ0n) is 9.48. The van der Waals surface area contributed by atoms with Crippen LogP contribution in [-0.2, 0) is 0 Å². The van der Waals surface area contributed by atoms with Crippen LogP contribution in [-0.4, -0.2) is 11.5 Å². The first-order valence-electron chi connectivity index (χ1n) is 5.56. The Morgan fingerprint density at radius 3 is 3.00 bits per heavy atom. The number of nitrogens with zero attached hydrogens (tertiary/aromatic N) is 1. The van der Waals surface area contributed by atoms with Crippen molar-refractivity contribution in [2.75, 3.05) is 6.54 Å². The Morgan fingerprint density at radius 1 is 1.38 bits per heavy atom. The van der Waals surface area contributed by atoms with Crippen LogP contribution in [0.25, 0.3) is 10.9 Å². The molecule has 0 bridgehead atoms. The van der Waals surface area contributed by atoms with Crippen LogP contribution >= 0.6 is 0 Å². The summed E-state index contributed by atoms with van der Waals surface area (Å²) >= 11 is 0. The highest BCUT2D eigenvalue weighted by molar-refractivity contribution is 5.82. The lowest BCUT2D eigenvalue weighted by molar-refractivity contribution is 0.653. The van der Waals surface area contributed by atoms with Crippen molar-refractivity contribution in [2.45, 2.75) is 13.0 Å². The summed E-state index contributed by atoms with van der Waals surface area (Å²) in [7, 11) is 0. The summed E-state index contributed by atoms with van der Waals surface area (Å²) in [5.74, 6) is 0. The van der Waals surface area contributed by atoms with Crippen LogP contribution in [0.1, 0.15) is 18.5 Å². The molecule has 16 heavy (non-hydrogen) atoms. The van der Waals surface area contributed by atoms with Crippen LogP contribution < -0.4 is 5.32 Å². The molecule has 1 unspecified atom stereocenters. The molecule has 0 aliphatic carbocycles. The SMILES string of the molecule is C=CC(NCC)c1cccc2ncccc12. The van der Waals surface area contributed by atoms with Gasteiger partial charge in [0.05, 0.1) is 11.6 Å². The molecule has 0 aliphatic rings. The second-order valence-electron chi connectivity index (χ2n) is 3.69. The van der Waals surface area contributed by atoms with Gasteiger partial charge < -0.3 is 5.32 Å². The summed E-state index contributed by atoms with van der Waals surface area (Å²) in [6.45, 7) is 6.90. The molecule has 1 heterocycles. The van der Waals surface area contributed by atoms with Crippen LogP contribution in [0.15, 0.2) is 49.2 Å². The summed E-state index contributed by atoms with van der Waals surface area (Å²) < 4.78 is 0. The quantitative estimate of drug-likeness (QED) is 0.788. The van der Waals surface area contributed by atoms with Gasteiger partial charge in [0.1, 0.15) is 0 Å². The maximum absolute atomic E-state index is 4.36. The summed E-state index contributed by atoms with van der Waals surface area (Å²) in [6.07, 6.45) is 3.76. The monoisotopic (exact) mass is 212 g/mol. The van der Waals surface area contributed by atoms with Crippen molar-refractivity contribution < 1.29 is 0 Å². The predicted octanol–water partition coefficient (Wildman–Crippen LogP) is 3.07. The minimum atomic E-state index is 0.192. The maximum atomic E-state index is 4.36. The molecule has 2 heteroatoms. The molecule has 1 aromatic carbocycles. The number of aromatic nitrogens is 1. The van der Waals surface area contributed by atoms with Crippen molar-refractivity contribution in [1.82, 2.24) is 10.3 Å². The molecule has 0 spiro atoms. The first kappa shape index (κ1) is 10.8. The number of nitrogens with one attached hydrogen (secondary N) is 1. The van der Waals surface area contributed by atoms with Crippen LogP contribution in [0, 0.1) is 0 Å². The second kappa shape index (κ2) is 4.90. The van der Waals surface area contributed by atoms with E-state index in [1.54, 1.807) is 0 Å². The zero-order valence-corrected chi connectivity index (χ0v) is 9.48. The molecular formula is C14H16N2. The summed E-state index contributed by atoms with van der Waals surface area (Å²) in [5.41, 5.74) is 2.27. The van der Waals surface area contributed by atoms with Crippen LogP contribution in [0.5, 0.6) is 0 Å². The van der Waals surface area contributed by atoms with Crippen molar-refractivity contribution in [3.8, 4) is 0 Å². The van der Waals surface area contributed by atoms with Crippen molar-refractivity contribution in [2.24, 2.45) is 0 Å². The Morgan fingerprint density at radius 2 is 2.25 bits per heavy atom. The molecular weight excluding hydrogens is 196 g/mol. The Hall–Kier alpha value is -1.67. The third-order valence-electron chi connectivity index (χ3n) is 2.67. The van der Waals surface area contributed by atoms with Gasteiger partial charge >= 0.3 is 0 Å². The van der Waals surface area contributed by atoms with Crippen molar-refractivity contribution in [3.05, 3.63) is 54.7 Å². The van der Waals surface area contributed by atoms with E-state index in [-0.39, 0.29) is 6.04 Å². The van der Waals surface area contributed by atoms with E-state index in [2.05, 4.69) is 35.9 Å². The van der Waals surface area contributed by atoms with Gasteiger partial charge in [-0.2, -0.15) is 0 Å². The fourth-order valence-corrected chi connectivity index (χ4v) is 1.94. The molecule has 0 fully saturated rings. The molecule has 82 valence electrons. The first-order valence-corrected chi connectivity index (χ1v) is 5.56. The Bertz CT molecular complexity index is 486. The fourth-order valence-electron chi connectivity index (χ4n) is 1.94. The third kappa shape index (κ3) is 1.97. The molecule has 2 aromatic rings. The first-order chi connectivity index (χ1) is 7.86. The van der Waals surface area contributed by atoms with Gasteiger partial charge in [-0.05, 0) is 24.2 Å². The topological polar surface area (TPSA) is 24.9 Å². The highest BCUT2D eigenvalue weighted by atomic mass is 14.9. The van der Waals surface area contributed by atoms with Crippen molar-refractivity contribution >= 4 is 10.9 Å². The molecule has 0 saturated heterocycles. The van der Waals surface area contributed by atoms with E-state index in [4.69, 9.17) is 0 Å². The largest absolute Gasteiger partial charge is 0.307 e. The Balaban J connectivity index is 2.54. The normalized spacial score (nSPS) is 12.6. The molecule has 1 N–H and O–H groups in total. The number of likely N-dealkylation sites (N-methyl/N-ethyl adjacent to an activating group) is 1. The number of benzene rings is 1. The summed E-state index contributed by atoms with van der Waals surface area (Å²) in [5, 5.41) is 4.59. The Labute approximate surface area is 96.0 Å². The van der Waals surface area contributed by atoms with E-state index in [1.807, 2.05) is 30.5 Å². The van der Waals surface area contributed by atoms with Crippen molar-refractivity contribution in [3.63, 3.8) is 0 Å². The molecule has 0 aliphatic heterocycles. The summed E-state index contributed by atoms with van der Waals surface area (Å²) in [6, 6.07) is 10.5. The van der Waals surface area contributed by atoms with E-state index >= 15 is 0 Å². The van der Waals surface area contributed by atoms with Gasteiger partial charge in [-0.15, -0.1) is 6.58 Å². The minimum absolute atomic E-state index is 0.192. The molecule has 2 rings (SSSR count). The number of hydrogen-bond donors (Lipinski definition) is 1. The summed E-state index contributed by atoms with van der Waals surface area (Å²) in [4.78, 5) is 4.36. The fraction of sp³-hybridized carbons (Fsp3) is 0.214. The smallest absolute Gasteiger partial charge is 0.0705 e. The third-order valence-corrected chi connectivity index (χ3v) is 2.67. The standard InChI is InChI=1S/C14H16N2/c1-3-13(15-4-2)11-7-5-9-14-12(11)8-6-10-16-14/h3,5-10,13,15H,1,4H2,2H3. The predicted molar refractivity (Wildman–Crippen MR) is 68.4 cm³/mol. The van der Waals surface area contributed by atoms with Crippen LogP contribution in [0.2, 0.25) is 0 Å². The molecule has 0 saturated carbocycles. The Kier molecular flexibility index (Phi) is 3.32. The van der Waals surface area contributed by atoms with Gasteiger partial charge in [0.15, 0.2) is 0 Å². The molecule has 1 aromatic heterocycles.